The summed E-state index contributed by atoms with van der Waals surface area (Å²) in [6.45, 7) is 0.757. The van der Waals surface area contributed by atoms with E-state index in [4.69, 9.17) is 4.74 Å². The summed E-state index contributed by atoms with van der Waals surface area (Å²) in [6.07, 6.45) is -1.83. The van der Waals surface area contributed by atoms with Crippen molar-refractivity contribution in [2.24, 2.45) is 11.3 Å². The van der Waals surface area contributed by atoms with Gasteiger partial charge in [-0.15, -0.1) is 0 Å². The molecule has 1 unspecified atom stereocenters. The van der Waals surface area contributed by atoms with Crippen molar-refractivity contribution in [1.29, 1.82) is 0 Å². The van der Waals surface area contributed by atoms with Crippen molar-refractivity contribution < 1.29 is 32.3 Å². The quantitative estimate of drug-likeness (QED) is 0.519. The van der Waals surface area contributed by atoms with Crippen LogP contribution in [0.25, 0.3) is 0 Å². The second-order valence-electron chi connectivity index (χ2n) is 9.61. The number of ketones is 2. The maximum atomic E-state index is 13.2. The fraction of sp³-hybridized carbons (Fsp3) is 0.444. The van der Waals surface area contributed by atoms with E-state index >= 15 is 0 Å². The monoisotopic (exact) mass is 502 g/mol. The number of nitrogens with one attached hydrogen (secondary N) is 2. The number of hydrogen-bond donors (Lipinski definition) is 2. The van der Waals surface area contributed by atoms with Crippen molar-refractivity contribution in [3.63, 3.8) is 0 Å². The Balaban J connectivity index is 1.36. The van der Waals surface area contributed by atoms with E-state index in [2.05, 4.69) is 10.6 Å². The lowest BCUT2D eigenvalue weighted by Gasteiger charge is -2.28. The average molecular weight is 503 g/mol. The van der Waals surface area contributed by atoms with E-state index in [0.29, 0.717) is 38.0 Å². The molecule has 2 aromatic rings. The van der Waals surface area contributed by atoms with E-state index in [9.17, 15) is 27.6 Å². The zero-order valence-electron chi connectivity index (χ0n) is 19.8. The number of hydrogen-bond acceptors (Lipinski definition) is 5. The van der Waals surface area contributed by atoms with Gasteiger partial charge in [0.15, 0.2) is 0 Å². The maximum Gasteiger partial charge on any atom is 0.418 e. The van der Waals surface area contributed by atoms with Crippen molar-refractivity contribution in [2.75, 3.05) is 18.5 Å². The van der Waals surface area contributed by atoms with Gasteiger partial charge >= 0.3 is 6.18 Å². The predicted octanol–water partition coefficient (Wildman–Crippen LogP) is 5.19. The molecule has 0 aromatic heterocycles. The number of carbonyl (C=O) groups excluding carboxylic acids is 3. The molecule has 6 nitrogen and oxygen atoms in total. The van der Waals surface area contributed by atoms with Crippen molar-refractivity contribution in [1.82, 2.24) is 5.32 Å². The molecule has 4 rings (SSSR count). The molecule has 1 heterocycles. The van der Waals surface area contributed by atoms with E-state index in [1.54, 1.807) is 24.3 Å². The fourth-order valence-electron chi connectivity index (χ4n) is 4.85. The normalized spacial score (nSPS) is 22.3. The topological polar surface area (TPSA) is 84.5 Å². The number of amides is 1. The molecule has 1 saturated carbocycles. The van der Waals surface area contributed by atoms with Gasteiger partial charge in [-0.2, -0.15) is 13.2 Å². The molecule has 2 fully saturated rings. The number of alkyl halides is 3. The highest BCUT2D eigenvalue weighted by Crippen LogP contribution is 2.37. The Kier molecular flexibility index (Phi) is 7.78. The molecule has 2 aromatic carbocycles. The van der Waals surface area contributed by atoms with Crippen LogP contribution in [0.4, 0.5) is 24.5 Å². The van der Waals surface area contributed by atoms with Crippen LogP contribution in [-0.2, 0) is 31.8 Å². The molecular formula is C27H29F3N2O4. The van der Waals surface area contributed by atoms with Crippen molar-refractivity contribution in [3.8, 4) is 0 Å². The molecule has 0 bridgehead atoms. The number of benzene rings is 2. The largest absolute Gasteiger partial charge is 0.418 e. The number of anilines is 2. The number of halogens is 3. The van der Waals surface area contributed by atoms with E-state index in [-0.39, 0.29) is 55.1 Å². The lowest BCUT2D eigenvalue weighted by molar-refractivity contribution is -0.138. The first-order valence-electron chi connectivity index (χ1n) is 12.1. The molecule has 2 atom stereocenters. The third-order valence-electron chi connectivity index (χ3n) is 6.95. The summed E-state index contributed by atoms with van der Waals surface area (Å²) in [5.74, 6) is -0.547. The number of Topliss-reactive ketones (excluding diaryl/α,β-unsaturated/α-hetero) is 2. The minimum atomic E-state index is -4.47. The maximum absolute atomic E-state index is 13.2. The Morgan fingerprint density at radius 2 is 1.83 bits per heavy atom. The molecule has 36 heavy (non-hydrogen) atoms. The van der Waals surface area contributed by atoms with Crippen LogP contribution in [0.5, 0.6) is 0 Å². The second-order valence-corrected chi connectivity index (χ2v) is 9.61. The highest BCUT2D eigenvalue weighted by Gasteiger charge is 2.45. The summed E-state index contributed by atoms with van der Waals surface area (Å²) >= 11 is 0. The van der Waals surface area contributed by atoms with E-state index in [1.165, 1.54) is 18.2 Å². The van der Waals surface area contributed by atoms with Crippen LogP contribution in [-0.4, -0.2) is 30.7 Å². The second kappa shape index (κ2) is 10.8. The molecule has 0 radical (unpaired) electrons. The molecule has 2 N–H and O–H groups in total. The van der Waals surface area contributed by atoms with Gasteiger partial charge in [0, 0.05) is 44.0 Å². The first kappa shape index (κ1) is 25.9. The molecule has 2 aliphatic rings. The summed E-state index contributed by atoms with van der Waals surface area (Å²) < 4.78 is 45.2. The van der Waals surface area contributed by atoms with Gasteiger partial charge in [0.25, 0.3) is 0 Å². The zero-order valence-corrected chi connectivity index (χ0v) is 19.8. The standard InChI is InChI=1S/C27H29F3N2O4/c28-27(29,30)22-6-1-2-7-23(22)32-20-10-8-18(9-11-20)16-31-25(35)26(12-13-36-17-26)15-24(34)19-4-3-5-21(33)14-19/h1-2,6-11,19,32H,3-5,12-17H2,(H,31,35)/t19?,26-/m0/s1. The number of rotatable bonds is 8. The Morgan fingerprint density at radius 3 is 2.50 bits per heavy atom. The Morgan fingerprint density at radius 1 is 1.08 bits per heavy atom. The van der Waals surface area contributed by atoms with Crippen LogP contribution >= 0.6 is 0 Å². The van der Waals surface area contributed by atoms with Gasteiger partial charge in [-0.3, -0.25) is 14.4 Å². The van der Waals surface area contributed by atoms with Gasteiger partial charge in [-0.05, 0) is 49.1 Å². The van der Waals surface area contributed by atoms with Gasteiger partial charge < -0.3 is 15.4 Å². The van der Waals surface area contributed by atoms with Crippen molar-refractivity contribution in [2.45, 2.75) is 51.2 Å². The lowest BCUT2D eigenvalue weighted by Crippen LogP contribution is -2.43. The summed E-state index contributed by atoms with van der Waals surface area (Å²) in [6, 6.07) is 12.0. The third-order valence-corrected chi connectivity index (χ3v) is 6.95. The number of para-hydroxylation sites is 1. The number of carbonyl (C=O) groups is 3. The van der Waals surface area contributed by atoms with E-state index < -0.39 is 17.2 Å². The van der Waals surface area contributed by atoms with Crippen LogP contribution in [0.3, 0.4) is 0 Å². The molecular weight excluding hydrogens is 473 g/mol. The Labute approximate surface area is 207 Å². The molecule has 192 valence electrons. The third kappa shape index (κ3) is 6.13. The molecule has 1 amide bonds. The minimum absolute atomic E-state index is 0.0430. The molecule has 1 aliphatic carbocycles. The van der Waals surface area contributed by atoms with Crippen molar-refractivity contribution in [3.05, 3.63) is 59.7 Å². The van der Waals surface area contributed by atoms with Crippen molar-refractivity contribution >= 4 is 28.8 Å². The minimum Gasteiger partial charge on any atom is -0.380 e. The van der Waals surface area contributed by atoms with E-state index in [0.717, 1.165) is 11.6 Å². The number of ether oxygens (including phenoxy) is 1. The summed E-state index contributed by atoms with van der Waals surface area (Å²) in [7, 11) is 0. The summed E-state index contributed by atoms with van der Waals surface area (Å²) in [5.41, 5.74) is -0.497. The summed E-state index contributed by atoms with van der Waals surface area (Å²) in [5, 5.41) is 5.68. The van der Waals surface area contributed by atoms with Crippen LogP contribution in [0.2, 0.25) is 0 Å². The van der Waals surface area contributed by atoms with Gasteiger partial charge in [0.1, 0.15) is 11.6 Å². The Hall–Kier alpha value is -3.20. The first-order valence-corrected chi connectivity index (χ1v) is 12.1. The Bertz CT molecular complexity index is 1110. The molecule has 0 spiro atoms. The van der Waals surface area contributed by atoms with Crippen LogP contribution in [0, 0.1) is 11.3 Å². The molecule has 1 aliphatic heterocycles. The van der Waals surface area contributed by atoms with Gasteiger partial charge in [0.2, 0.25) is 5.91 Å². The molecule has 9 heteroatoms. The van der Waals surface area contributed by atoms with Crippen LogP contribution in [0.1, 0.15) is 49.7 Å². The fourth-order valence-corrected chi connectivity index (χ4v) is 4.85. The average Bonchev–Trinajstić information content (AvgIpc) is 3.33. The van der Waals surface area contributed by atoms with Gasteiger partial charge in [-0.25, -0.2) is 0 Å². The van der Waals surface area contributed by atoms with E-state index in [1.807, 2.05) is 0 Å². The first-order chi connectivity index (χ1) is 17.2. The van der Waals surface area contributed by atoms with Gasteiger partial charge in [-0.1, -0.05) is 24.3 Å². The SMILES string of the molecule is O=C1CCCC(C(=O)C[C@@]2(C(=O)NCc3ccc(Nc4ccccc4C(F)(F)F)cc3)CCOC2)C1. The summed E-state index contributed by atoms with van der Waals surface area (Å²) in [4.78, 5) is 37.8. The highest BCUT2D eigenvalue weighted by atomic mass is 19.4. The zero-order chi connectivity index (χ0) is 25.8. The smallest absolute Gasteiger partial charge is 0.380 e. The van der Waals surface area contributed by atoms with Gasteiger partial charge in [0.05, 0.1) is 23.3 Å². The predicted molar refractivity (Wildman–Crippen MR) is 127 cm³/mol. The van der Waals surface area contributed by atoms with Crippen LogP contribution < -0.4 is 10.6 Å². The highest BCUT2D eigenvalue weighted by molar-refractivity contribution is 5.93. The van der Waals surface area contributed by atoms with Crippen LogP contribution in [0.15, 0.2) is 48.5 Å². The lowest BCUT2D eigenvalue weighted by atomic mass is 9.75. The molecule has 1 saturated heterocycles.